The summed E-state index contributed by atoms with van der Waals surface area (Å²) in [6.45, 7) is 5.30. The minimum absolute atomic E-state index is 0.0256. The summed E-state index contributed by atoms with van der Waals surface area (Å²) in [6.07, 6.45) is -0.799. The van der Waals surface area contributed by atoms with E-state index in [1.165, 1.54) is 6.07 Å². The number of halogens is 2. The lowest BCUT2D eigenvalue weighted by Gasteiger charge is -2.16. The van der Waals surface area contributed by atoms with Crippen molar-refractivity contribution < 1.29 is 9.50 Å². The van der Waals surface area contributed by atoms with E-state index in [9.17, 15) is 9.50 Å². The van der Waals surface area contributed by atoms with Gasteiger partial charge in [-0.15, -0.1) is 0 Å². The van der Waals surface area contributed by atoms with E-state index in [1.54, 1.807) is 13.0 Å². The van der Waals surface area contributed by atoms with Gasteiger partial charge in [0, 0.05) is 10.6 Å². The van der Waals surface area contributed by atoms with E-state index < -0.39 is 6.10 Å². The first-order chi connectivity index (χ1) is 6.43. The molecule has 0 fully saturated rings. The molecule has 0 aliphatic rings. The van der Waals surface area contributed by atoms with Gasteiger partial charge in [0.05, 0.1) is 6.10 Å². The van der Waals surface area contributed by atoms with Crippen molar-refractivity contribution in [3.05, 3.63) is 34.1 Å². The Labute approximate surface area is 88.5 Å². The molecule has 0 saturated heterocycles. The van der Waals surface area contributed by atoms with E-state index in [1.807, 2.05) is 13.8 Å². The Morgan fingerprint density at radius 3 is 2.43 bits per heavy atom. The molecular weight excluding hydrogens is 203 g/mol. The van der Waals surface area contributed by atoms with Gasteiger partial charge in [-0.2, -0.15) is 0 Å². The minimum atomic E-state index is -0.799. The van der Waals surface area contributed by atoms with Crippen molar-refractivity contribution in [1.82, 2.24) is 0 Å². The fourth-order valence-corrected chi connectivity index (χ4v) is 1.61. The molecule has 0 aliphatic carbocycles. The third-order valence-electron chi connectivity index (χ3n) is 2.20. The third kappa shape index (κ3) is 2.25. The van der Waals surface area contributed by atoms with Gasteiger partial charge in [0.1, 0.15) is 5.82 Å². The molecule has 1 unspecified atom stereocenters. The molecule has 0 heterocycles. The summed E-state index contributed by atoms with van der Waals surface area (Å²) in [5, 5.41) is 10.2. The highest BCUT2D eigenvalue weighted by molar-refractivity contribution is 6.30. The Balaban J connectivity index is 3.20. The van der Waals surface area contributed by atoms with Gasteiger partial charge < -0.3 is 5.11 Å². The van der Waals surface area contributed by atoms with Gasteiger partial charge in [0.2, 0.25) is 0 Å². The van der Waals surface area contributed by atoms with Crippen LogP contribution in [0.25, 0.3) is 0 Å². The average molecular weight is 217 g/mol. The van der Waals surface area contributed by atoms with Gasteiger partial charge in [-0.05, 0) is 30.5 Å². The zero-order valence-electron chi connectivity index (χ0n) is 8.51. The fraction of sp³-hybridized carbons (Fsp3) is 0.455. The van der Waals surface area contributed by atoms with Crippen LogP contribution >= 0.6 is 11.6 Å². The molecule has 0 amide bonds. The van der Waals surface area contributed by atoms with Gasteiger partial charge in [-0.25, -0.2) is 4.39 Å². The van der Waals surface area contributed by atoms with Crippen molar-refractivity contribution in [2.24, 2.45) is 5.92 Å². The number of hydrogen-bond acceptors (Lipinski definition) is 1. The number of aliphatic hydroxyl groups excluding tert-OH is 1. The Morgan fingerprint density at radius 2 is 1.93 bits per heavy atom. The molecule has 0 bridgehead atoms. The van der Waals surface area contributed by atoms with Gasteiger partial charge >= 0.3 is 0 Å². The van der Waals surface area contributed by atoms with Crippen LogP contribution in [0.3, 0.4) is 0 Å². The van der Waals surface area contributed by atoms with Crippen LogP contribution in [-0.2, 0) is 0 Å². The predicted octanol–water partition coefficient (Wildman–Crippen LogP) is 3.48. The topological polar surface area (TPSA) is 20.2 Å². The van der Waals surface area contributed by atoms with E-state index in [0.29, 0.717) is 10.6 Å². The van der Waals surface area contributed by atoms with E-state index in [-0.39, 0.29) is 17.3 Å². The number of aliphatic hydroxyl groups is 1. The van der Waals surface area contributed by atoms with Crippen molar-refractivity contribution in [2.45, 2.75) is 26.9 Å². The van der Waals surface area contributed by atoms with Crippen LogP contribution in [0.15, 0.2) is 12.1 Å². The van der Waals surface area contributed by atoms with Gasteiger partial charge in [-0.1, -0.05) is 25.4 Å². The first-order valence-corrected chi connectivity index (χ1v) is 4.95. The molecule has 0 aromatic heterocycles. The molecule has 1 rings (SSSR count). The van der Waals surface area contributed by atoms with Crippen LogP contribution in [0.2, 0.25) is 5.02 Å². The molecular formula is C11H14ClFO. The van der Waals surface area contributed by atoms with Crippen molar-refractivity contribution in [3.63, 3.8) is 0 Å². The lowest BCUT2D eigenvalue weighted by Crippen LogP contribution is -2.08. The Morgan fingerprint density at radius 1 is 1.36 bits per heavy atom. The summed E-state index contributed by atoms with van der Waals surface area (Å²) >= 11 is 5.79. The molecule has 1 aromatic carbocycles. The Bertz CT molecular complexity index is 336. The molecule has 3 heteroatoms. The van der Waals surface area contributed by atoms with Crippen molar-refractivity contribution >= 4 is 11.6 Å². The highest BCUT2D eigenvalue weighted by atomic mass is 35.5. The Kier molecular flexibility index (Phi) is 3.51. The van der Waals surface area contributed by atoms with E-state index in [0.717, 1.165) is 0 Å². The molecule has 14 heavy (non-hydrogen) atoms. The quantitative estimate of drug-likeness (QED) is 0.803. The van der Waals surface area contributed by atoms with E-state index in [2.05, 4.69) is 0 Å². The maximum Gasteiger partial charge on any atom is 0.132 e. The van der Waals surface area contributed by atoms with Crippen LogP contribution in [0, 0.1) is 18.7 Å². The number of rotatable bonds is 2. The lowest BCUT2D eigenvalue weighted by atomic mass is 9.97. The molecule has 1 aromatic rings. The molecule has 1 N–H and O–H groups in total. The second-order valence-electron chi connectivity index (χ2n) is 3.81. The zero-order valence-corrected chi connectivity index (χ0v) is 9.27. The summed E-state index contributed by atoms with van der Waals surface area (Å²) in [5.41, 5.74) is 0.747. The maximum atomic E-state index is 13.6. The number of benzene rings is 1. The third-order valence-corrected chi connectivity index (χ3v) is 2.42. The molecule has 1 atom stereocenters. The van der Waals surface area contributed by atoms with Crippen LogP contribution in [0.1, 0.15) is 31.1 Å². The van der Waals surface area contributed by atoms with Crippen LogP contribution in [0.5, 0.6) is 0 Å². The zero-order chi connectivity index (χ0) is 10.9. The molecule has 78 valence electrons. The molecule has 0 saturated carbocycles. The van der Waals surface area contributed by atoms with Crippen molar-refractivity contribution in [2.75, 3.05) is 0 Å². The monoisotopic (exact) mass is 216 g/mol. The number of hydrogen-bond donors (Lipinski definition) is 1. The largest absolute Gasteiger partial charge is 0.388 e. The van der Waals surface area contributed by atoms with Crippen molar-refractivity contribution in [1.29, 1.82) is 0 Å². The number of aryl methyl sites for hydroxylation is 1. The van der Waals surface area contributed by atoms with Gasteiger partial charge in [-0.3, -0.25) is 0 Å². The van der Waals surface area contributed by atoms with E-state index >= 15 is 0 Å². The molecule has 1 nitrogen and oxygen atoms in total. The van der Waals surface area contributed by atoms with Gasteiger partial charge in [0.15, 0.2) is 0 Å². The smallest absolute Gasteiger partial charge is 0.132 e. The van der Waals surface area contributed by atoms with Crippen LogP contribution in [-0.4, -0.2) is 5.11 Å². The standard InChI is InChI=1S/C11H14ClFO/c1-6(2)11(14)9-5-8(12)4-7(3)10(9)13/h4-6,11,14H,1-3H3. The second kappa shape index (κ2) is 4.28. The summed E-state index contributed by atoms with van der Waals surface area (Å²) < 4.78 is 13.6. The van der Waals surface area contributed by atoms with Crippen LogP contribution < -0.4 is 0 Å². The molecule has 0 radical (unpaired) electrons. The van der Waals surface area contributed by atoms with Crippen LogP contribution in [0.4, 0.5) is 4.39 Å². The Hall–Kier alpha value is -0.600. The molecule has 0 spiro atoms. The average Bonchev–Trinajstić information content (AvgIpc) is 2.09. The minimum Gasteiger partial charge on any atom is -0.388 e. The SMILES string of the molecule is Cc1cc(Cl)cc(C(O)C(C)C)c1F. The summed E-state index contributed by atoms with van der Waals surface area (Å²) in [6, 6.07) is 3.03. The predicted molar refractivity (Wildman–Crippen MR) is 55.9 cm³/mol. The van der Waals surface area contributed by atoms with Gasteiger partial charge in [0.25, 0.3) is 0 Å². The first-order valence-electron chi connectivity index (χ1n) is 4.57. The highest BCUT2D eigenvalue weighted by Crippen LogP contribution is 2.28. The van der Waals surface area contributed by atoms with E-state index in [4.69, 9.17) is 11.6 Å². The van der Waals surface area contributed by atoms with Crippen molar-refractivity contribution in [3.8, 4) is 0 Å². The first kappa shape index (κ1) is 11.5. The maximum absolute atomic E-state index is 13.6. The molecule has 0 aliphatic heterocycles. The summed E-state index contributed by atoms with van der Waals surface area (Å²) in [7, 11) is 0. The summed E-state index contributed by atoms with van der Waals surface area (Å²) in [5.74, 6) is -0.391. The lowest BCUT2D eigenvalue weighted by molar-refractivity contribution is 0.122. The summed E-state index contributed by atoms with van der Waals surface area (Å²) in [4.78, 5) is 0. The highest BCUT2D eigenvalue weighted by Gasteiger charge is 2.18. The fourth-order valence-electron chi connectivity index (χ4n) is 1.33. The second-order valence-corrected chi connectivity index (χ2v) is 4.25. The normalized spacial score (nSPS) is 13.4.